The molecule has 7 heteroatoms. The van der Waals surface area contributed by atoms with Crippen molar-refractivity contribution in [2.45, 2.75) is 13.1 Å². The summed E-state index contributed by atoms with van der Waals surface area (Å²) in [7, 11) is 0. The van der Waals surface area contributed by atoms with Gasteiger partial charge in [-0.15, -0.1) is 0 Å². The molecule has 148 valence electrons. The molecule has 0 spiro atoms. The van der Waals surface area contributed by atoms with Gasteiger partial charge in [0.1, 0.15) is 11.5 Å². The Hall–Kier alpha value is -3.32. The van der Waals surface area contributed by atoms with E-state index in [0.29, 0.717) is 12.2 Å². The number of pyridine rings is 1. The van der Waals surface area contributed by atoms with Crippen LogP contribution in [0.3, 0.4) is 0 Å². The van der Waals surface area contributed by atoms with Gasteiger partial charge in [-0.3, -0.25) is 14.7 Å². The fourth-order valence-electron chi connectivity index (χ4n) is 3.34. The van der Waals surface area contributed by atoms with Gasteiger partial charge in [-0.05, 0) is 17.7 Å². The van der Waals surface area contributed by atoms with Crippen LogP contribution < -0.4 is 10.2 Å². The van der Waals surface area contributed by atoms with E-state index in [1.54, 1.807) is 18.6 Å². The standard InChI is InChI=1S/C22H24N6O/c29-22(26-14-19-8-4-5-9-23-19)20-15-25-21(16-24-20)28-12-10-27(11-13-28)17-18-6-2-1-3-7-18/h1-9,15-16H,10-14,17H2,(H,26,29). The third-order valence-corrected chi connectivity index (χ3v) is 4.97. The molecule has 1 aliphatic rings. The maximum Gasteiger partial charge on any atom is 0.271 e. The highest BCUT2D eigenvalue weighted by Gasteiger charge is 2.19. The van der Waals surface area contributed by atoms with Gasteiger partial charge >= 0.3 is 0 Å². The molecule has 0 atom stereocenters. The van der Waals surface area contributed by atoms with Crippen LogP contribution in [0.5, 0.6) is 0 Å². The van der Waals surface area contributed by atoms with E-state index in [0.717, 1.165) is 44.2 Å². The number of rotatable bonds is 6. The Kier molecular flexibility index (Phi) is 6.07. The van der Waals surface area contributed by atoms with Crippen LogP contribution in [0.25, 0.3) is 0 Å². The first kappa shape index (κ1) is 19.0. The van der Waals surface area contributed by atoms with Crippen molar-refractivity contribution in [3.8, 4) is 0 Å². The number of aromatic nitrogens is 3. The number of benzene rings is 1. The average Bonchev–Trinajstić information content (AvgIpc) is 2.79. The zero-order valence-electron chi connectivity index (χ0n) is 16.2. The summed E-state index contributed by atoms with van der Waals surface area (Å²) in [6, 6.07) is 16.1. The van der Waals surface area contributed by atoms with E-state index in [4.69, 9.17) is 0 Å². The van der Waals surface area contributed by atoms with E-state index in [2.05, 4.69) is 54.3 Å². The molecule has 0 bridgehead atoms. The van der Waals surface area contributed by atoms with Crippen molar-refractivity contribution in [2.75, 3.05) is 31.1 Å². The second-order valence-electron chi connectivity index (χ2n) is 7.01. The van der Waals surface area contributed by atoms with Crippen LogP contribution in [-0.4, -0.2) is 51.9 Å². The maximum absolute atomic E-state index is 12.3. The number of amides is 1. The van der Waals surface area contributed by atoms with Gasteiger partial charge in [0.05, 0.1) is 24.6 Å². The molecule has 0 radical (unpaired) electrons. The first-order valence-electron chi connectivity index (χ1n) is 9.79. The summed E-state index contributed by atoms with van der Waals surface area (Å²) in [5, 5.41) is 2.82. The molecule has 1 fully saturated rings. The molecular formula is C22H24N6O. The fourth-order valence-corrected chi connectivity index (χ4v) is 3.34. The fraction of sp³-hybridized carbons (Fsp3) is 0.273. The van der Waals surface area contributed by atoms with Gasteiger partial charge in [-0.1, -0.05) is 36.4 Å². The molecule has 1 N–H and O–H groups in total. The average molecular weight is 388 g/mol. The van der Waals surface area contributed by atoms with Crippen molar-refractivity contribution in [1.82, 2.24) is 25.2 Å². The van der Waals surface area contributed by atoms with Crippen molar-refractivity contribution in [2.24, 2.45) is 0 Å². The highest BCUT2D eigenvalue weighted by atomic mass is 16.1. The van der Waals surface area contributed by atoms with Crippen LogP contribution in [0.2, 0.25) is 0 Å². The zero-order valence-corrected chi connectivity index (χ0v) is 16.2. The number of piperazine rings is 1. The van der Waals surface area contributed by atoms with E-state index < -0.39 is 0 Å². The van der Waals surface area contributed by atoms with E-state index in [1.165, 1.54) is 5.56 Å². The Bertz CT molecular complexity index is 909. The van der Waals surface area contributed by atoms with E-state index in [-0.39, 0.29) is 5.91 Å². The first-order chi connectivity index (χ1) is 14.3. The van der Waals surface area contributed by atoms with Gasteiger partial charge in [0.2, 0.25) is 0 Å². The predicted octanol–water partition coefficient (Wildman–Crippen LogP) is 2.12. The summed E-state index contributed by atoms with van der Waals surface area (Å²) in [4.78, 5) is 29.9. The van der Waals surface area contributed by atoms with Crippen LogP contribution in [0.15, 0.2) is 67.1 Å². The van der Waals surface area contributed by atoms with Crippen molar-refractivity contribution in [3.05, 3.63) is 84.1 Å². The zero-order chi connectivity index (χ0) is 19.9. The molecular weight excluding hydrogens is 364 g/mol. The third-order valence-electron chi connectivity index (χ3n) is 4.97. The van der Waals surface area contributed by atoms with Crippen molar-refractivity contribution < 1.29 is 4.79 Å². The second kappa shape index (κ2) is 9.25. The van der Waals surface area contributed by atoms with Gasteiger partial charge in [-0.25, -0.2) is 9.97 Å². The monoisotopic (exact) mass is 388 g/mol. The molecule has 29 heavy (non-hydrogen) atoms. The SMILES string of the molecule is O=C(NCc1ccccn1)c1cnc(N2CCN(Cc3ccccc3)CC2)cn1. The molecule has 2 aromatic heterocycles. The summed E-state index contributed by atoms with van der Waals surface area (Å²) in [5.41, 5.74) is 2.45. The highest BCUT2D eigenvalue weighted by Crippen LogP contribution is 2.14. The lowest BCUT2D eigenvalue weighted by molar-refractivity contribution is 0.0945. The molecule has 4 rings (SSSR count). The number of hydrogen-bond donors (Lipinski definition) is 1. The van der Waals surface area contributed by atoms with E-state index in [9.17, 15) is 4.79 Å². The molecule has 3 heterocycles. The van der Waals surface area contributed by atoms with Crippen LogP contribution in [0.1, 0.15) is 21.7 Å². The summed E-state index contributed by atoms with van der Waals surface area (Å²) in [6.07, 6.45) is 4.93. The minimum absolute atomic E-state index is 0.248. The molecule has 1 amide bonds. The Morgan fingerprint density at radius 2 is 1.69 bits per heavy atom. The molecule has 1 saturated heterocycles. The van der Waals surface area contributed by atoms with E-state index >= 15 is 0 Å². The minimum Gasteiger partial charge on any atom is -0.353 e. The molecule has 1 aromatic carbocycles. The van der Waals surface area contributed by atoms with Gasteiger partial charge < -0.3 is 10.2 Å². The molecule has 1 aliphatic heterocycles. The van der Waals surface area contributed by atoms with Gasteiger partial charge in [-0.2, -0.15) is 0 Å². The first-order valence-corrected chi connectivity index (χ1v) is 9.79. The van der Waals surface area contributed by atoms with Crippen LogP contribution in [0, 0.1) is 0 Å². The summed E-state index contributed by atoms with van der Waals surface area (Å²) in [6.45, 7) is 5.08. The number of nitrogens with zero attached hydrogens (tertiary/aromatic N) is 5. The van der Waals surface area contributed by atoms with Gasteiger partial charge in [0.25, 0.3) is 5.91 Å². The van der Waals surface area contributed by atoms with Crippen LogP contribution in [0.4, 0.5) is 5.82 Å². The Balaban J connectivity index is 1.27. The van der Waals surface area contributed by atoms with Crippen LogP contribution >= 0.6 is 0 Å². The summed E-state index contributed by atoms with van der Waals surface area (Å²) in [5.74, 6) is 0.563. The van der Waals surface area contributed by atoms with Crippen molar-refractivity contribution in [3.63, 3.8) is 0 Å². The highest BCUT2D eigenvalue weighted by molar-refractivity contribution is 5.91. The number of carbonyl (C=O) groups is 1. The molecule has 0 unspecified atom stereocenters. The lowest BCUT2D eigenvalue weighted by atomic mass is 10.2. The third kappa shape index (κ3) is 5.14. The smallest absolute Gasteiger partial charge is 0.271 e. The largest absolute Gasteiger partial charge is 0.353 e. The summed E-state index contributed by atoms with van der Waals surface area (Å²) < 4.78 is 0. The summed E-state index contributed by atoms with van der Waals surface area (Å²) >= 11 is 0. The number of hydrogen-bond acceptors (Lipinski definition) is 6. The number of anilines is 1. The minimum atomic E-state index is -0.248. The molecule has 3 aromatic rings. The van der Waals surface area contributed by atoms with Gasteiger partial charge in [0, 0.05) is 38.9 Å². The number of carbonyl (C=O) groups excluding carboxylic acids is 1. The number of nitrogens with one attached hydrogen (secondary N) is 1. The molecule has 7 nitrogen and oxygen atoms in total. The van der Waals surface area contributed by atoms with Gasteiger partial charge in [0.15, 0.2) is 0 Å². The lowest BCUT2D eigenvalue weighted by Gasteiger charge is -2.35. The van der Waals surface area contributed by atoms with Crippen molar-refractivity contribution >= 4 is 11.7 Å². The quantitative estimate of drug-likeness (QED) is 0.697. The normalized spacial score (nSPS) is 14.6. The lowest BCUT2D eigenvalue weighted by Crippen LogP contribution is -2.46. The topological polar surface area (TPSA) is 74.2 Å². The molecule has 0 aliphatic carbocycles. The second-order valence-corrected chi connectivity index (χ2v) is 7.01. The van der Waals surface area contributed by atoms with Crippen molar-refractivity contribution in [1.29, 1.82) is 0 Å². The Morgan fingerprint density at radius 1 is 0.897 bits per heavy atom. The Labute approximate surface area is 170 Å². The maximum atomic E-state index is 12.3. The molecule has 0 saturated carbocycles. The predicted molar refractivity (Wildman–Crippen MR) is 111 cm³/mol. The van der Waals surface area contributed by atoms with Crippen LogP contribution in [-0.2, 0) is 13.1 Å². The van der Waals surface area contributed by atoms with E-state index in [1.807, 2.05) is 24.3 Å². The Morgan fingerprint density at radius 3 is 2.38 bits per heavy atom.